The molecule has 0 bridgehead atoms. The molecule has 22 heavy (non-hydrogen) atoms. The molecule has 0 saturated heterocycles. The van der Waals surface area contributed by atoms with Crippen molar-refractivity contribution in [3.8, 4) is 0 Å². The SMILES string of the molecule is COCc1cccc(NC(=O)NCc2ccc(F)c(C)c2)c1. The lowest BCUT2D eigenvalue weighted by molar-refractivity contribution is 0.185. The number of rotatable bonds is 5. The third-order valence-corrected chi connectivity index (χ3v) is 3.17. The summed E-state index contributed by atoms with van der Waals surface area (Å²) in [6.45, 7) is 2.52. The number of benzene rings is 2. The van der Waals surface area contributed by atoms with Gasteiger partial charge in [0.25, 0.3) is 0 Å². The molecule has 0 saturated carbocycles. The average Bonchev–Trinajstić information content (AvgIpc) is 2.49. The minimum atomic E-state index is -0.309. The van der Waals surface area contributed by atoms with Crippen LogP contribution in [0.15, 0.2) is 42.5 Å². The molecule has 5 heteroatoms. The Bertz CT molecular complexity index is 659. The lowest BCUT2D eigenvalue weighted by Gasteiger charge is -2.09. The van der Waals surface area contributed by atoms with Crippen molar-refractivity contribution in [2.45, 2.75) is 20.1 Å². The maximum atomic E-state index is 13.2. The smallest absolute Gasteiger partial charge is 0.319 e. The molecule has 0 fully saturated rings. The van der Waals surface area contributed by atoms with Crippen LogP contribution in [-0.4, -0.2) is 13.1 Å². The van der Waals surface area contributed by atoms with Crippen LogP contribution in [0.25, 0.3) is 0 Å². The Kier molecular flexibility index (Phi) is 5.49. The van der Waals surface area contributed by atoms with E-state index in [1.165, 1.54) is 6.07 Å². The highest BCUT2D eigenvalue weighted by molar-refractivity contribution is 5.89. The molecule has 0 unspecified atom stereocenters. The Balaban J connectivity index is 1.90. The zero-order chi connectivity index (χ0) is 15.9. The Morgan fingerprint density at radius 3 is 2.73 bits per heavy atom. The highest BCUT2D eigenvalue weighted by Crippen LogP contribution is 2.12. The second kappa shape index (κ2) is 7.56. The van der Waals surface area contributed by atoms with Gasteiger partial charge in [0.15, 0.2) is 0 Å². The number of amides is 2. The van der Waals surface area contributed by atoms with Crippen LogP contribution >= 0.6 is 0 Å². The van der Waals surface area contributed by atoms with Gasteiger partial charge in [0, 0.05) is 19.3 Å². The van der Waals surface area contributed by atoms with Gasteiger partial charge < -0.3 is 15.4 Å². The minimum absolute atomic E-state index is 0.247. The molecular formula is C17H19FN2O2. The largest absolute Gasteiger partial charge is 0.380 e. The van der Waals surface area contributed by atoms with Crippen LogP contribution in [0.3, 0.4) is 0 Å². The second-order valence-electron chi connectivity index (χ2n) is 5.02. The zero-order valence-electron chi connectivity index (χ0n) is 12.7. The van der Waals surface area contributed by atoms with Gasteiger partial charge in [0.2, 0.25) is 0 Å². The summed E-state index contributed by atoms with van der Waals surface area (Å²) in [5.41, 5.74) is 3.09. The molecule has 2 amide bonds. The third-order valence-electron chi connectivity index (χ3n) is 3.17. The van der Waals surface area contributed by atoms with Gasteiger partial charge in [-0.15, -0.1) is 0 Å². The molecule has 2 N–H and O–H groups in total. The number of halogens is 1. The average molecular weight is 302 g/mol. The molecule has 2 rings (SSSR count). The predicted octanol–water partition coefficient (Wildman–Crippen LogP) is 3.60. The van der Waals surface area contributed by atoms with Crippen molar-refractivity contribution < 1.29 is 13.9 Å². The van der Waals surface area contributed by atoms with E-state index in [2.05, 4.69) is 10.6 Å². The van der Waals surface area contributed by atoms with Crippen molar-refractivity contribution in [1.29, 1.82) is 0 Å². The fourth-order valence-corrected chi connectivity index (χ4v) is 2.08. The van der Waals surface area contributed by atoms with Gasteiger partial charge in [0.1, 0.15) is 5.82 Å². The molecule has 116 valence electrons. The first-order valence-corrected chi connectivity index (χ1v) is 6.96. The molecule has 0 radical (unpaired) electrons. The van der Waals surface area contributed by atoms with Crippen LogP contribution in [0.1, 0.15) is 16.7 Å². The standard InChI is InChI=1S/C17H19FN2O2/c1-12-8-13(6-7-16(12)18)10-19-17(21)20-15-5-3-4-14(9-15)11-22-2/h3-9H,10-11H2,1-2H3,(H2,19,20,21). The Labute approximate surface area is 129 Å². The summed E-state index contributed by atoms with van der Waals surface area (Å²) in [5, 5.41) is 5.50. The maximum absolute atomic E-state index is 13.2. The van der Waals surface area contributed by atoms with Gasteiger partial charge in [0.05, 0.1) is 6.61 Å². The van der Waals surface area contributed by atoms with Crippen LogP contribution in [0.5, 0.6) is 0 Å². The number of aryl methyl sites for hydroxylation is 1. The summed E-state index contributed by atoms with van der Waals surface area (Å²) >= 11 is 0. The summed E-state index contributed by atoms with van der Waals surface area (Å²) in [7, 11) is 1.62. The topological polar surface area (TPSA) is 50.4 Å². The minimum Gasteiger partial charge on any atom is -0.380 e. The summed E-state index contributed by atoms with van der Waals surface area (Å²) < 4.78 is 18.2. The number of carbonyl (C=O) groups excluding carboxylic acids is 1. The van der Waals surface area contributed by atoms with Crippen LogP contribution in [0.4, 0.5) is 14.9 Å². The Hall–Kier alpha value is -2.40. The summed E-state index contributed by atoms with van der Waals surface area (Å²) in [6, 6.07) is 11.9. The van der Waals surface area contributed by atoms with Crippen LogP contribution < -0.4 is 10.6 Å². The highest BCUT2D eigenvalue weighted by Gasteiger charge is 2.04. The lowest BCUT2D eigenvalue weighted by Crippen LogP contribution is -2.28. The van der Waals surface area contributed by atoms with E-state index in [4.69, 9.17) is 4.74 Å². The van der Waals surface area contributed by atoms with Crippen molar-refractivity contribution >= 4 is 11.7 Å². The van der Waals surface area contributed by atoms with Crippen LogP contribution in [-0.2, 0) is 17.9 Å². The first-order valence-electron chi connectivity index (χ1n) is 6.96. The molecular weight excluding hydrogens is 283 g/mol. The van der Waals surface area contributed by atoms with Crippen molar-refractivity contribution in [3.63, 3.8) is 0 Å². The second-order valence-corrected chi connectivity index (χ2v) is 5.02. The third kappa shape index (κ3) is 4.56. The number of hydrogen-bond acceptors (Lipinski definition) is 2. The summed E-state index contributed by atoms with van der Waals surface area (Å²) in [5.74, 6) is -0.247. The van der Waals surface area contributed by atoms with Gasteiger partial charge in [-0.1, -0.05) is 24.3 Å². The maximum Gasteiger partial charge on any atom is 0.319 e. The van der Waals surface area contributed by atoms with Crippen molar-refractivity contribution in [1.82, 2.24) is 5.32 Å². The highest BCUT2D eigenvalue weighted by atomic mass is 19.1. The number of hydrogen-bond donors (Lipinski definition) is 2. The van der Waals surface area contributed by atoms with E-state index in [0.29, 0.717) is 24.4 Å². The summed E-state index contributed by atoms with van der Waals surface area (Å²) in [6.07, 6.45) is 0. The number of anilines is 1. The van der Waals surface area contributed by atoms with Gasteiger partial charge in [-0.25, -0.2) is 9.18 Å². The van der Waals surface area contributed by atoms with E-state index < -0.39 is 0 Å². The van der Waals surface area contributed by atoms with Crippen LogP contribution in [0.2, 0.25) is 0 Å². The quantitative estimate of drug-likeness (QED) is 0.886. The number of carbonyl (C=O) groups is 1. The van der Waals surface area contributed by atoms with E-state index >= 15 is 0 Å². The van der Waals surface area contributed by atoms with Gasteiger partial charge >= 0.3 is 6.03 Å². The van der Waals surface area contributed by atoms with E-state index in [1.54, 1.807) is 32.2 Å². The molecule has 4 nitrogen and oxygen atoms in total. The molecule has 0 aromatic heterocycles. The van der Waals surface area contributed by atoms with Gasteiger partial charge in [-0.2, -0.15) is 0 Å². The van der Waals surface area contributed by atoms with Gasteiger partial charge in [-0.3, -0.25) is 0 Å². The first kappa shape index (κ1) is 16.0. The molecule has 0 aliphatic heterocycles. The first-order chi connectivity index (χ1) is 10.6. The Morgan fingerprint density at radius 2 is 2.00 bits per heavy atom. The van der Waals surface area contributed by atoms with Crippen molar-refractivity contribution in [2.24, 2.45) is 0 Å². The molecule has 2 aromatic rings. The number of methoxy groups -OCH3 is 1. The number of ether oxygens (including phenoxy) is 1. The van der Waals surface area contributed by atoms with E-state index in [-0.39, 0.29) is 11.8 Å². The number of urea groups is 1. The number of nitrogens with one attached hydrogen (secondary N) is 2. The predicted molar refractivity (Wildman–Crippen MR) is 84.2 cm³/mol. The fourth-order valence-electron chi connectivity index (χ4n) is 2.08. The molecule has 0 atom stereocenters. The Morgan fingerprint density at radius 1 is 1.18 bits per heavy atom. The van der Waals surface area contributed by atoms with Gasteiger partial charge in [-0.05, 0) is 41.8 Å². The molecule has 0 heterocycles. The van der Waals surface area contributed by atoms with E-state index in [9.17, 15) is 9.18 Å². The van der Waals surface area contributed by atoms with Crippen LogP contribution in [0, 0.1) is 12.7 Å². The summed E-state index contributed by atoms with van der Waals surface area (Å²) in [4.78, 5) is 11.9. The normalized spacial score (nSPS) is 10.3. The molecule has 2 aromatic carbocycles. The molecule has 0 aliphatic rings. The zero-order valence-corrected chi connectivity index (χ0v) is 12.7. The van der Waals surface area contributed by atoms with Crippen molar-refractivity contribution in [2.75, 3.05) is 12.4 Å². The fraction of sp³-hybridized carbons (Fsp3) is 0.235. The van der Waals surface area contributed by atoms with E-state index in [0.717, 1.165) is 11.1 Å². The lowest BCUT2D eigenvalue weighted by atomic mass is 10.1. The molecule has 0 spiro atoms. The van der Waals surface area contributed by atoms with Crippen molar-refractivity contribution in [3.05, 3.63) is 65.0 Å². The van der Waals surface area contributed by atoms with E-state index in [1.807, 2.05) is 18.2 Å². The monoisotopic (exact) mass is 302 g/mol. The molecule has 0 aliphatic carbocycles.